The van der Waals surface area contributed by atoms with Crippen molar-refractivity contribution in [1.29, 1.82) is 0 Å². The molecule has 0 unspecified atom stereocenters. The SMILES string of the molecule is Nc1nscc1C(=O)N1CCN(Cc2ccc3c(c2)OCO3)CC1. The van der Waals surface area contributed by atoms with E-state index < -0.39 is 0 Å². The highest BCUT2D eigenvalue weighted by Crippen LogP contribution is 2.32. The Morgan fingerprint density at radius 2 is 2.00 bits per heavy atom. The Morgan fingerprint density at radius 3 is 2.75 bits per heavy atom. The molecule has 0 radical (unpaired) electrons. The molecule has 2 aliphatic rings. The maximum absolute atomic E-state index is 12.4. The standard InChI is InChI=1S/C16H18N4O3S/c17-15-12(9-24-18-15)16(21)20-5-3-19(4-6-20)8-11-1-2-13-14(7-11)23-10-22-13/h1-2,7,9H,3-6,8,10H2,(H2,17,18). The van der Waals surface area contributed by atoms with Gasteiger partial charge in [0.05, 0.1) is 5.56 Å². The Labute approximate surface area is 143 Å². The molecular formula is C16H18N4O3S. The van der Waals surface area contributed by atoms with E-state index in [-0.39, 0.29) is 5.91 Å². The molecule has 0 aliphatic carbocycles. The number of fused-ring (bicyclic) bond motifs is 1. The van der Waals surface area contributed by atoms with Crippen LogP contribution in [0.1, 0.15) is 15.9 Å². The molecule has 1 aromatic heterocycles. The van der Waals surface area contributed by atoms with E-state index in [2.05, 4.69) is 15.3 Å². The second-order valence-corrected chi connectivity index (χ2v) is 6.50. The van der Waals surface area contributed by atoms with Gasteiger partial charge in [-0.05, 0) is 29.2 Å². The van der Waals surface area contributed by atoms with Crippen molar-refractivity contribution in [1.82, 2.24) is 14.2 Å². The summed E-state index contributed by atoms with van der Waals surface area (Å²) in [5.41, 5.74) is 7.44. The van der Waals surface area contributed by atoms with Crippen molar-refractivity contribution in [3.05, 3.63) is 34.7 Å². The summed E-state index contributed by atoms with van der Waals surface area (Å²) >= 11 is 1.22. The number of piperazine rings is 1. The number of carbonyl (C=O) groups is 1. The number of aromatic nitrogens is 1. The van der Waals surface area contributed by atoms with Gasteiger partial charge in [-0.2, -0.15) is 4.37 Å². The lowest BCUT2D eigenvalue weighted by atomic mass is 10.1. The lowest BCUT2D eigenvalue weighted by molar-refractivity contribution is 0.0630. The maximum Gasteiger partial charge on any atom is 0.258 e. The number of benzene rings is 1. The minimum absolute atomic E-state index is 0.0241. The number of hydrogen-bond donors (Lipinski definition) is 1. The van der Waals surface area contributed by atoms with Crippen molar-refractivity contribution < 1.29 is 14.3 Å². The van der Waals surface area contributed by atoms with Gasteiger partial charge in [-0.15, -0.1) is 0 Å². The molecule has 0 atom stereocenters. The number of ether oxygens (including phenoxy) is 2. The zero-order chi connectivity index (χ0) is 16.5. The molecule has 1 amide bonds. The maximum atomic E-state index is 12.4. The second-order valence-electron chi connectivity index (χ2n) is 5.87. The van der Waals surface area contributed by atoms with Gasteiger partial charge in [0.1, 0.15) is 5.82 Å². The van der Waals surface area contributed by atoms with Crippen molar-refractivity contribution >= 4 is 23.3 Å². The average Bonchev–Trinajstić information content (AvgIpc) is 3.23. The number of nitrogen functional groups attached to an aromatic ring is 1. The monoisotopic (exact) mass is 346 g/mol. The number of rotatable bonds is 3. The highest BCUT2D eigenvalue weighted by Gasteiger charge is 2.24. The molecule has 2 aliphatic heterocycles. The van der Waals surface area contributed by atoms with Crippen molar-refractivity contribution in [3.63, 3.8) is 0 Å². The Balaban J connectivity index is 1.35. The van der Waals surface area contributed by atoms with Gasteiger partial charge in [0.25, 0.3) is 5.91 Å². The van der Waals surface area contributed by atoms with Crippen molar-refractivity contribution in [3.8, 4) is 11.5 Å². The molecule has 7 nitrogen and oxygen atoms in total. The first-order valence-electron chi connectivity index (χ1n) is 7.81. The summed E-state index contributed by atoms with van der Waals surface area (Å²) in [4.78, 5) is 16.6. The van der Waals surface area contributed by atoms with Crippen molar-refractivity contribution in [2.45, 2.75) is 6.54 Å². The molecule has 3 heterocycles. The highest BCUT2D eigenvalue weighted by molar-refractivity contribution is 7.04. The Bertz CT molecular complexity index is 756. The summed E-state index contributed by atoms with van der Waals surface area (Å²) in [6, 6.07) is 6.03. The molecule has 2 N–H and O–H groups in total. The zero-order valence-corrected chi connectivity index (χ0v) is 13.9. The lowest BCUT2D eigenvalue weighted by Crippen LogP contribution is -2.48. The Hall–Kier alpha value is -2.32. The highest BCUT2D eigenvalue weighted by atomic mass is 32.1. The van der Waals surface area contributed by atoms with Crippen LogP contribution in [0, 0.1) is 0 Å². The number of carbonyl (C=O) groups excluding carboxylic acids is 1. The molecule has 126 valence electrons. The molecule has 1 fully saturated rings. The number of nitrogens with two attached hydrogens (primary N) is 1. The fraction of sp³-hybridized carbons (Fsp3) is 0.375. The van der Waals surface area contributed by atoms with Crippen LogP contribution in [0.2, 0.25) is 0 Å². The Kier molecular flexibility index (Phi) is 3.99. The number of anilines is 1. The quantitative estimate of drug-likeness (QED) is 0.905. The third-order valence-electron chi connectivity index (χ3n) is 4.33. The fourth-order valence-electron chi connectivity index (χ4n) is 2.98. The zero-order valence-electron chi connectivity index (χ0n) is 13.1. The van der Waals surface area contributed by atoms with E-state index in [0.717, 1.165) is 31.1 Å². The van der Waals surface area contributed by atoms with E-state index in [1.165, 1.54) is 17.1 Å². The normalized spacial score (nSPS) is 17.2. The summed E-state index contributed by atoms with van der Waals surface area (Å²) in [5.74, 6) is 1.91. The largest absolute Gasteiger partial charge is 0.454 e. The minimum atomic E-state index is -0.0241. The number of hydrogen-bond acceptors (Lipinski definition) is 7. The molecular weight excluding hydrogens is 328 g/mol. The van der Waals surface area contributed by atoms with Crippen LogP contribution in [-0.4, -0.2) is 53.1 Å². The first-order valence-corrected chi connectivity index (χ1v) is 8.64. The van der Waals surface area contributed by atoms with E-state index in [1.54, 1.807) is 5.38 Å². The third kappa shape index (κ3) is 2.90. The van der Waals surface area contributed by atoms with E-state index in [9.17, 15) is 4.79 Å². The molecule has 4 rings (SSSR count). The summed E-state index contributed by atoms with van der Waals surface area (Å²) < 4.78 is 14.7. The van der Waals surface area contributed by atoms with Crippen LogP contribution in [-0.2, 0) is 6.54 Å². The van der Waals surface area contributed by atoms with Crippen molar-refractivity contribution in [2.75, 3.05) is 38.7 Å². The van der Waals surface area contributed by atoms with E-state index >= 15 is 0 Å². The molecule has 0 saturated carbocycles. The van der Waals surface area contributed by atoms with Gasteiger partial charge >= 0.3 is 0 Å². The topological polar surface area (TPSA) is 80.9 Å². The first-order chi connectivity index (χ1) is 11.7. The predicted octanol–water partition coefficient (Wildman–Crippen LogP) is 1.41. The van der Waals surface area contributed by atoms with Crippen LogP contribution >= 0.6 is 11.5 Å². The van der Waals surface area contributed by atoms with Crippen LogP contribution in [0.4, 0.5) is 5.82 Å². The van der Waals surface area contributed by atoms with E-state index in [1.807, 2.05) is 17.0 Å². The molecule has 1 aromatic carbocycles. The molecule has 0 spiro atoms. The van der Waals surface area contributed by atoms with E-state index in [0.29, 0.717) is 31.3 Å². The summed E-state index contributed by atoms with van der Waals surface area (Å²) in [6.45, 7) is 4.17. The van der Waals surface area contributed by atoms with Gasteiger partial charge in [0, 0.05) is 38.1 Å². The lowest BCUT2D eigenvalue weighted by Gasteiger charge is -2.34. The van der Waals surface area contributed by atoms with E-state index in [4.69, 9.17) is 15.2 Å². The van der Waals surface area contributed by atoms with Gasteiger partial charge in [-0.25, -0.2) is 0 Å². The van der Waals surface area contributed by atoms with Gasteiger partial charge in [0.15, 0.2) is 11.5 Å². The van der Waals surface area contributed by atoms with Crippen LogP contribution in [0.3, 0.4) is 0 Å². The summed E-state index contributed by atoms with van der Waals surface area (Å²) in [7, 11) is 0. The number of nitrogens with zero attached hydrogens (tertiary/aromatic N) is 3. The van der Waals surface area contributed by atoms with Crippen LogP contribution in [0.25, 0.3) is 0 Å². The van der Waals surface area contributed by atoms with Gasteiger partial charge in [-0.3, -0.25) is 9.69 Å². The van der Waals surface area contributed by atoms with Gasteiger partial charge in [0.2, 0.25) is 6.79 Å². The van der Waals surface area contributed by atoms with Crippen LogP contribution in [0.15, 0.2) is 23.6 Å². The number of amides is 1. The fourth-order valence-corrected chi connectivity index (χ4v) is 3.57. The Morgan fingerprint density at radius 1 is 1.21 bits per heavy atom. The molecule has 0 bridgehead atoms. The van der Waals surface area contributed by atoms with Crippen molar-refractivity contribution in [2.24, 2.45) is 0 Å². The minimum Gasteiger partial charge on any atom is -0.454 e. The smallest absolute Gasteiger partial charge is 0.258 e. The summed E-state index contributed by atoms with van der Waals surface area (Å²) in [5, 5.41) is 1.72. The molecule has 24 heavy (non-hydrogen) atoms. The molecule has 8 heteroatoms. The van der Waals surface area contributed by atoms with Crippen LogP contribution in [0.5, 0.6) is 11.5 Å². The van der Waals surface area contributed by atoms with Gasteiger partial charge in [-0.1, -0.05) is 6.07 Å². The first kappa shape index (κ1) is 15.2. The van der Waals surface area contributed by atoms with Crippen LogP contribution < -0.4 is 15.2 Å². The second kappa shape index (κ2) is 6.29. The molecule has 1 saturated heterocycles. The predicted molar refractivity (Wildman–Crippen MR) is 90.3 cm³/mol. The third-order valence-corrected chi connectivity index (χ3v) is 4.97. The van der Waals surface area contributed by atoms with Gasteiger partial charge < -0.3 is 20.1 Å². The molecule has 2 aromatic rings. The summed E-state index contributed by atoms with van der Waals surface area (Å²) in [6.07, 6.45) is 0. The average molecular weight is 346 g/mol.